The smallest absolute Gasteiger partial charge is 0.129 e. The Balaban J connectivity index is 2.54. The van der Waals surface area contributed by atoms with Crippen LogP contribution in [0.5, 0.6) is 0 Å². The molecular formula is C9H11BrN2. The highest BCUT2D eigenvalue weighted by Crippen LogP contribution is 2.27. The van der Waals surface area contributed by atoms with Gasteiger partial charge in [0.15, 0.2) is 0 Å². The Morgan fingerprint density at radius 3 is 3.25 bits per heavy atom. The Morgan fingerprint density at radius 1 is 1.58 bits per heavy atom. The number of fused-ring (bicyclic) bond motifs is 1. The normalized spacial score (nSPS) is 15.2. The van der Waals surface area contributed by atoms with Crippen LogP contribution >= 0.6 is 15.9 Å². The van der Waals surface area contributed by atoms with Crippen molar-refractivity contribution < 1.29 is 0 Å². The van der Waals surface area contributed by atoms with Gasteiger partial charge in [-0.1, -0.05) is 0 Å². The minimum Gasteiger partial charge on any atom is -0.370 e. The molecule has 3 heteroatoms. The van der Waals surface area contributed by atoms with Crippen molar-refractivity contribution in [1.82, 2.24) is 4.98 Å². The molecule has 0 radical (unpaired) electrons. The van der Waals surface area contributed by atoms with Gasteiger partial charge in [0.2, 0.25) is 0 Å². The number of halogens is 1. The predicted octanol–water partition coefficient (Wildman–Crippen LogP) is 2.51. The lowest BCUT2D eigenvalue weighted by Gasteiger charge is -2.19. The van der Waals surface area contributed by atoms with Crippen molar-refractivity contribution in [3.8, 4) is 0 Å². The van der Waals surface area contributed by atoms with Crippen molar-refractivity contribution in [2.75, 3.05) is 11.9 Å². The summed E-state index contributed by atoms with van der Waals surface area (Å²) in [6, 6.07) is 0. The number of pyridine rings is 1. The Kier molecular flexibility index (Phi) is 2.05. The number of hydrogen-bond donors (Lipinski definition) is 1. The average molecular weight is 227 g/mol. The number of anilines is 1. The van der Waals surface area contributed by atoms with Gasteiger partial charge in [-0.2, -0.15) is 0 Å². The van der Waals surface area contributed by atoms with Gasteiger partial charge < -0.3 is 5.32 Å². The van der Waals surface area contributed by atoms with Gasteiger partial charge in [-0.3, -0.25) is 0 Å². The number of nitrogens with one attached hydrogen (secondary N) is 1. The van der Waals surface area contributed by atoms with Crippen LogP contribution in [0.15, 0.2) is 10.7 Å². The van der Waals surface area contributed by atoms with Gasteiger partial charge in [0.1, 0.15) is 5.82 Å². The van der Waals surface area contributed by atoms with E-state index >= 15 is 0 Å². The SMILES string of the molecule is Cc1c(Br)cnc2c1CCCN2. The van der Waals surface area contributed by atoms with Gasteiger partial charge in [-0.15, -0.1) is 0 Å². The molecule has 1 aliphatic heterocycles. The van der Waals surface area contributed by atoms with E-state index in [0.29, 0.717) is 0 Å². The molecule has 1 aromatic rings. The standard InChI is InChI=1S/C9H11BrN2/c1-6-7-3-2-4-11-9(7)12-5-8(6)10/h5H,2-4H2,1H3,(H,11,12). The summed E-state index contributed by atoms with van der Waals surface area (Å²) in [7, 11) is 0. The summed E-state index contributed by atoms with van der Waals surface area (Å²) in [5, 5.41) is 3.30. The molecule has 12 heavy (non-hydrogen) atoms. The first kappa shape index (κ1) is 8.05. The van der Waals surface area contributed by atoms with Gasteiger partial charge in [0, 0.05) is 17.2 Å². The van der Waals surface area contributed by atoms with Crippen LogP contribution in [-0.2, 0) is 6.42 Å². The zero-order chi connectivity index (χ0) is 8.55. The second kappa shape index (κ2) is 3.05. The highest BCUT2D eigenvalue weighted by Gasteiger charge is 2.13. The molecule has 1 aromatic heterocycles. The van der Waals surface area contributed by atoms with Crippen LogP contribution in [0.2, 0.25) is 0 Å². The zero-order valence-electron chi connectivity index (χ0n) is 7.02. The molecule has 0 bridgehead atoms. The van der Waals surface area contributed by atoms with Crippen LogP contribution in [0.4, 0.5) is 5.82 Å². The fraction of sp³-hybridized carbons (Fsp3) is 0.444. The molecule has 0 atom stereocenters. The van der Waals surface area contributed by atoms with Crippen molar-refractivity contribution >= 4 is 21.7 Å². The van der Waals surface area contributed by atoms with Crippen molar-refractivity contribution in [2.45, 2.75) is 19.8 Å². The van der Waals surface area contributed by atoms with Gasteiger partial charge in [-0.25, -0.2) is 4.98 Å². The molecule has 0 amide bonds. The van der Waals surface area contributed by atoms with E-state index in [1.807, 2.05) is 6.20 Å². The summed E-state index contributed by atoms with van der Waals surface area (Å²) in [6.07, 6.45) is 4.24. The third kappa shape index (κ3) is 1.22. The second-order valence-corrected chi connectivity index (χ2v) is 3.94. The predicted molar refractivity (Wildman–Crippen MR) is 53.5 cm³/mol. The van der Waals surface area contributed by atoms with E-state index in [4.69, 9.17) is 0 Å². The Hall–Kier alpha value is -0.570. The van der Waals surface area contributed by atoms with Gasteiger partial charge in [0.05, 0.1) is 0 Å². The van der Waals surface area contributed by atoms with Crippen LogP contribution in [0.3, 0.4) is 0 Å². The summed E-state index contributed by atoms with van der Waals surface area (Å²) in [6.45, 7) is 3.19. The van der Waals surface area contributed by atoms with E-state index in [0.717, 1.165) is 23.3 Å². The monoisotopic (exact) mass is 226 g/mol. The van der Waals surface area contributed by atoms with Crippen molar-refractivity contribution in [3.63, 3.8) is 0 Å². The van der Waals surface area contributed by atoms with E-state index in [1.165, 1.54) is 17.5 Å². The van der Waals surface area contributed by atoms with Crippen LogP contribution in [-0.4, -0.2) is 11.5 Å². The number of aromatic nitrogens is 1. The minimum atomic E-state index is 1.06. The molecule has 0 aromatic carbocycles. The molecule has 0 fully saturated rings. The summed E-state index contributed by atoms with van der Waals surface area (Å²) in [5.41, 5.74) is 2.70. The highest BCUT2D eigenvalue weighted by molar-refractivity contribution is 9.10. The largest absolute Gasteiger partial charge is 0.370 e. The summed E-state index contributed by atoms with van der Waals surface area (Å²) < 4.78 is 1.12. The average Bonchev–Trinajstić information content (AvgIpc) is 2.12. The molecule has 0 spiro atoms. The zero-order valence-corrected chi connectivity index (χ0v) is 8.61. The molecule has 2 nitrogen and oxygen atoms in total. The van der Waals surface area contributed by atoms with E-state index in [-0.39, 0.29) is 0 Å². The molecule has 2 heterocycles. The number of nitrogens with zero attached hydrogens (tertiary/aromatic N) is 1. The Labute approximate surface area is 80.5 Å². The van der Waals surface area contributed by atoms with Crippen LogP contribution in [0.25, 0.3) is 0 Å². The molecular weight excluding hydrogens is 216 g/mol. The summed E-state index contributed by atoms with van der Waals surface area (Å²) in [5.74, 6) is 1.07. The minimum absolute atomic E-state index is 1.06. The van der Waals surface area contributed by atoms with E-state index in [2.05, 4.69) is 33.2 Å². The van der Waals surface area contributed by atoms with E-state index in [1.54, 1.807) is 0 Å². The molecule has 0 saturated carbocycles. The maximum atomic E-state index is 4.32. The molecule has 0 unspecified atom stereocenters. The number of rotatable bonds is 0. The highest BCUT2D eigenvalue weighted by atomic mass is 79.9. The summed E-state index contributed by atoms with van der Waals surface area (Å²) in [4.78, 5) is 4.32. The Morgan fingerprint density at radius 2 is 2.42 bits per heavy atom. The fourth-order valence-electron chi connectivity index (χ4n) is 1.55. The molecule has 64 valence electrons. The van der Waals surface area contributed by atoms with Gasteiger partial charge in [-0.05, 0) is 46.8 Å². The van der Waals surface area contributed by atoms with E-state index in [9.17, 15) is 0 Å². The topological polar surface area (TPSA) is 24.9 Å². The third-order valence-corrected chi connectivity index (χ3v) is 3.10. The van der Waals surface area contributed by atoms with Gasteiger partial charge in [0.25, 0.3) is 0 Å². The molecule has 2 rings (SSSR count). The molecule has 0 aliphatic carbocycles. The maximum absolute atomic E-state index is 4.32. The van der Waals surface area contributed by atoms with E-state index < -0.39 is 0 Å². The second-order valence-electron chi connectivity index (χ2n) is 3.09. The van der Waals surface area contributed by atoms with Crippen LogP contribution in [0, 0.1) is 6.92 Å². The molecule has 1 aliphatic rings. The van der Waals surface area contributed by atoms with Gasteiger partial charge >= 0.3 is 0 Å². The lowest BCUT2D eigenvalue weighted by Crippen LogP contribution is -2.14. The number of hydrogen-bond acceptors (Lipinski definition) is 2. The Bertz CT molecular complexity index is 310. The fourth-order valence-corrected chi connectivity index (χ4v) is 1.89. The first-order chi connectivity index (χ1) is 5.79. The first-order valence-electron chi connectivity index (χ1n) is 4.17. The maximum Gasteiger partial charge on any atom is 0.129 e. The first-order valence-corrected chi connectivity index (χ1v) is 4.96. The lowest BCUT2D eigenvalue weighted by atomic mass is 10.0. The lowest BCUT2D eigenvalue weighted by molar-refractivity contribution is 0.809. The van der Waals surface area contributed by atoms with Crippen LogP contribution in [0.1, 0.15) is 17.5 Å². The van der Waals surface area contributed by atoms with Crippen molar-refractivity contribution in [1.29, 1.82) is 0 Å². The van der Waals surface area contributed by atoms with Crippen LogP contribution < -0.4 is 5.32 Å². The third-order valence-electron chi connectivity index (χ3n) is 2.30. The quantitative estimate of drug-likeness (QED) is 0.736. The van der Waals surface area contributed by atoms with Crippen molar-refractivity contribution in [3.05, 3.63) is 21.8 Å². The molecule has 1 N–H and O–H groups in total. The molecule has 0 saturated heterocycles. The summed E-state index contributed by atoms with van der Waals surface area (Å²) >= 11 is 3.48. The van der Waals surface area contributed by atoms with Crippen molar-refractivity contribution in [2.24, 2.45) is 0 Å².